The van der Waals surface area contributed by atoms with Gasteiger partial charge in [0.1, 0.15) is 4.21 Å². The highest BCUT2D eigenvalue weighted by atomic mass is 35.5. The van der Waals surface area contributed by atoms with Crippen LogP contribution in [-0.4, -0.2) is 33.0 Å². The molecule has 0 amide bonds. The summed E-state index contributed by atoms with van der Waals surface area (Å²) in [5.41, 5.74) is 1.17. The summed E-state index contributed by atoms with van der Waals surface area (Å²) in [4.78, 5) is 6.34. The van der Waals surface area contributed by atoms with Gasteiger partial charge in [-0.1, -0.05) is 11.6 Å². The summed E-state index contributed by atoms with van der Waals surface area (Å²) < 4.78 is 27.9. The van der Waals surface area contributed by atoms with Crippen LogP contribution in [-0.2, 0) is 10.0 Å². The first-order chi connectivity index (χ1) is 11.0. The smallest absolute Gasteiger partial charge is 0.250 e. The molecule has 0 bridgehead atoms. The van der Waals surface area contributed by atoms with E-state index in [1.54, 1.807) is 24.5 Å². The first kappa shape index (κ1) is 16.7. The number of rotatable bonds is 5. The normalized spacial score (nSPS) is 16.7. The van der Waals surface area contributed by atoms with Crippen molar-refractivity contribution in [2.45, 2.75) is 17.1 Å². The Hall–Kier alpha value is -1.15. The minimum absolute atomic E-state index is 0.275. The first-order valence-electron chi connectivity index (χ1n) is 7.44. The number of halogens is 1. The van der Waals surface area contributed by atoms with E-state index in [1.165, 1.54) is 5.69 Å². The molecule has 2 aromatic heterocycles. The number of pyridine rings is 1. The molecule has 0 spiro atoms. The number of nitrogens with zero attached hydrogens (tertiary/aromatic N) is 2. The van der Waals surface area contributed by atoms with Crippen LogP contribution in [0.2, 0.25) is 4.34 Å². The highest BCUT2D eigenvalue weighted by molar-refractivity contribution is 7.91. The van der Waals surface area contributed by atoms with Crippen molar-refractivity contribution in [3.63, 3.8) is 0 Å². The molecule has 0 radical (unpaired) electrons. The van der Waals surface area contributed by atoms with Crippen LogP contribution < -0.4 is 9.62 Å². The molecule has 0 unspecified atom stereocenters. The lowest BCUT2D eigenvalue weighted by Crippen LogP contribution is -2.38. The number of hydrogen-bond acceptors (Lipinski definition) is 5. The molecule has 1 aliphatic rings. The maximum absolute atomic E-state index is 12.2. The van der Waals surface area contributed by atoms with Crippen molar-refractivity contribution >= 4 is 38.6 Å². The molecule has 0 atom stereocenters. The lowest BCUT2D eigenvalue weighted by Gasteiger charge is -2.33. The number of aromatic nitrogens is 1. The van der Waals surface area contributed by atoms with E-state index in [0.29, 0.717) is 16.8 Å². The second kappa shape index (κ2) is 7.17. The Morgan fingerprint density at radius 1 is 1.22 bits per heavy atom. The minimum Gasteiger partial charge on any atom is -0.371 e. The Balaban J connectivity index is 1.51. The van der Waals surface area contributed by atoms with E-state index in [1.807, 2.05) is 12.1 Å². The van der Waals surface area contributed by atoms with E-state index in [9.17, 15) is 8.42 Å². The summed E-state index contributed by atoms with van der Waals surface area (Å²) in [6, 6.07) is 7.16. The molecule has 3 rings (SSSR count). The molecule has 124 valence electrons. The van der Waals surface area contributed by atoms with Crippen LogP contribution in [0.15, 0.2) is 40.9 Å². The molecular formula is C15H18ClN3O2S2. The van der Waals surface area contributed by atoms with Gasteiger partial charge in [-0.3, -0.25) is 4.98 Å². The van der Waals surface area contributed by atoms with Gasteiger partial charge in [-0.15, -0.1) is 11.3 Å². The highest BCUT2D eigenvalue weighted by Crippen LogP contribution is 2.26. The third-order valence-corrected chi connectivity index (χ3v) is 7.16. The quantitative estimate of drug-likeness (QED) is 0.877. The Morgan fingerprint density at radius 2 is 1.91 bits per heavy atom. The van der Waals surface area contributed by atoms with Gasteiger partial charge < -0.3 is 4.90 Å². The molecular weight excluding hydrogens is 354 g/mol. The van der Waals surface area contributed by atoms with Crippen LogP contribution in [0.25, 0.3) is 0 Å². The van der Waals surface area contributed by atoms with Gasteiger partial charge in [-0.05, 0) is 43.0 Å². The number of sulfonamides is 1. The Bertz CT molecular complexity index is 741. The SMILES string of the molecule is O=S(=O)(NCC1CCN(c2ccncc2)CC1)c1ccc(Cl)s1. The Morgan fingerprint density at radius 3 is 2.52 bits per heavy atom. The summed E-state index contributed by atoms with van der Waals surface area (Å²) in [5.74, 6) is 0.360. The maximum Gasteiger partial charge on any atom is 0.250 e. The molecule has 2 aromatic rings. The molecule has 1 N–H and O–H groups in total. The third kappa shape index (κ3) is 4.23. The fraction of sp³-hybridized carbons (Fsp3) is 0.400. The van der Waals surface area contributed by atoms with Gasteiger partial charge in [-0.25, -0.2) is 13.1 Å². The second-order valence-corrected chi connectivity index (χ2v) is 9.26. The van der Waals surface area contributed by atoms with Crippen molar-refractivity contribution in [2.24, 2.45) is 5.92 Å². The van der Waals surface area contributed by atoms with E-state index in [0.717, 1.165) is 37.3 Å². The zero-order valence-corrected chi connectivity index (χ0v) is 14.9. The third-order valence-electron chi connectivity index (χ3n) is 4.02. The van der Waals surface area contributed by atoms with Gasteiger partial charge >= 0.3 is 0 Å². The Kier molecular flexibility index (Phi) is 5.21. The average Bonchev–Trinajstić information content (AvgIpc) is 3.02. The minimum atomic E-state index is -3.44. The Labute approximate surface area is 145 Å². The van der Waals surface area contributed by atoms with Crippen molar-refractivity contribution in [2.75, 3.05) is 24.5 Å². The molecule has 0 aliphatic carbocycles. The van der Waals surface area contributed by atoms with Crippen LogP contribution in [0.1, 0.15) is 12.8 Å². The van der Waals surface area contributed by atoms with Crippen molar-refractivity contribution in [3.8, 4) is 0 Å². The summed E-state index contributed by atoms with van der Waals surface area (Å²) in [7, 11) is -3.44. The summed E-state index contributed by atoms with van der Waals surface area (Å²) in [6.07, 6.45) is 5.52. The van der Waals surface area contributed by atoms with E-state index < -0.39 is 10.0 Å². The first-order valence-corrected chi connectivity index (χ1v) is 10.1. The number of hydrogen-bond donors (Lipinski definition) is 1. The highest BCUT2D eigenvalue weighted by Gasteiger charge is 2.22. The zero-order valence-electron chi connectivity index (χ0n) is 12.5. The van der Waals surface area contributed by atoms with Gasteiger partial charge in [0.2, 0.25) is 10.0 Å². The maximum atomic E-state index is 12.2. The van der Waals surface area contributed by atoms with Crippen LogP contribution in [0.5, 0.6) is 0 Å². The van der Waals surface area contributed by atoms with E-state index in [-0.39, 0.29) is 4.21 Å². The van der Waals surface area contributed by atoms with Crippen LogP contribution in [0.4, 0.5) is 5.69 Å². The number of thiophene rings is 1. The van der Waals surface area contributed by atoms with E-state index >= 15 is 0 Å². The van der Waals surface area contributed by atoms with E-state index in [4.69, 9.17) is 11.6 Å². The monoisotopic (exact) mass is 371 g/mol. The molecule has 1 fully saturated rings. The number of nitrogens with one attached hydrogen (secondary N) is 1. The van der Waals surface area contributed by atoms with E-state index in [2.05, 4.69) is 14.6 Å². The predicted molar refractivity (Wildman–Crippen MR) is 93.7 cm³/mol. The predicted octanol–water partition coefficient (Wildman–Crippen LogP) is 2.99. The van der Waals surface area contributed by atoms with Gasteiger partial charge in [0.15, 0.2) is 0 Å². The van der Waals surface area contributed by atoms with Crippen molar-refractivity contribution in [1.29, 1.82) is 0 Å². The summed E-state index contributed by atoms with van der Waals surface area (Å²) >= 11 is 6.89. The summed E-state index contributed by atoms with van der Waals surface area (Å²) in [5, 5.41) is 0. The molecule has 23 heavy (non-hydrogen) atoms. The van der Waals surface area contributed by atoms with Crippen molar-refractivity contribution in [3.05, 3.63) is 41.0 Å². The van der Waals surface area contributed by atoms with Crippen molar-refractivity contribution in [1.82, 2.24) is 9.71 Å². The van der Waals surface area contributed by atoms with Gasteiger partial charge in [0, 0.05) is 37.7 Å². The fourth-order valence-corrected chi connectivity index (χ4v) is 5.33. The van der Waals surface area contributed by atoms with Gasteiger partial charge in [0.25, 0.3) is 0 Å². The lowest BCUT2D eigenvalue weighted by atomic mass is 9.97. The largest absolute Gasteiger partial charge is 0.371 e. The topological polar surface area (TPSA) is 62.3 Å². The van der Waals surface area contributed by atoms with Gasteiger partial charge in [0.05, 0.1) is 4.34 Å². The van der Waals surface area contributed by atoms with Gasteiger partial charge in [-0.2, -0.15) is 0 Å². The number of anilines is 1. The van der Waals surface area contributed by atoms with Crippen LogP contribution in [0, 0.1) is 5.92 Å². The molecule has 0 saturated carbocycles. The lowest BCUT2D eigenvalue weighted by molar-refractivity contribution is 0.402. The average molecular weight is 372 g/mol. The molecule has 1 saturated heterocycles. The fourth-order valence-electron chi connectivity index (χ4n) is 2.69. The van der Waals surface area contributed by atoms with Crippen LogP contribution in [0.3, 0.4) is 0 Å². The van der Waals surface area contributed by atoms with Crippen molar-refractivity contribution < 1.29 is 8.42 Å². The zero-order chi connectivity index (χ0) is 16.3. The molecule has 1 aliphatic heterocycles. The molecule has 3 heterocycles. The second-order valence-electron chi connectivity index (χ2n) is 5.55. The number of piperidine rings is 1. The standard InChI is InChI=1S/C15H18ClN3O2S2/c16-14-1-2-15(22-14)23(20,21)18-11-12-5-9-19(10-6-12)13-3-7-17-8-4-13/h1-4,7-8,12,18H,5-6,9-11H2. The summed E-state index contributed by atoms with van der Waals surface area (Å²) in [6.45, 7) is 2.34. The molecule has 5 nitrogen and oxygen atoms in total. The molecule has 0 aromatic carbocycles. The molecule has 8 heteroatoms. The van der Waals surface area contributed by atoms with Crippen LogP contribution >= 0.6 is 22.9 Å².